The number of thiazole rings is 2. The van der Waals surface area contributed by atoms with Crippen LogP contribution in [0.25, 0.3) is 31.6 Å². The minimum absolute atomic E-state index is 0.0763. The van der Waals surface area contributed by atoms with Crippen LogP contribution in [0, 0.1) is 0 Å². The molecule has 0 saturated heterocycles. The molecule has 0 bridgehead atoms. The summed E-state index contributed by atoms with van der Waals surface area (Å²) >= 11 is 6.18. The van der Waals surface area contributed by atoms with E-state index < -0.39 is 0 Å². The molecule has 0 amide bonds. The van der Waals surface area contributed by atoms with E-state index in [4.69, 9.17) is 0 Å². The number of nitrogens with zero attached hydrogens (tertiary/aromatic N) is 2. The van der Waals surface area contributed by atoms with Crippen molar-refractivity contribution in [1.82, 2.24) is 9.97 Å². The maximum atomic E-state index is 12.7. The number of carbonyl (C=O) groups excluding carboxylic acids is 2. The zero-order chi connectivity index (χ0) is 25.9. The second kappa shape index (κ2) is 11.2. The van der Waals surface area contributed by atoms with Crippen LogP contribution in [0.5, 0.6) is 0 Å². The lowest BCUT2D eigenvalue weighted by Gasteiger charge is -2.06. The summed E-state index contributed by atoms with van der Waals surface area (Å²) < 4.78 is 4.08. The van der Waals surface area contributed by atoms with Crippen LogP contribution in [-0.2, 0) is 0 Å². The number of hydrogen-bond donors (Lipinski definition) is 0. The molecule has 0 radical (unpaired) electrons. The largest absolute Gasteiger partial charge is 0.293 e. The Morgan fingerprint density at radius 3 is 1.34 bits per heavy atom. The van der Waals surface area contributed by atoms with Crippen LogP contribution < -0.4 is 0 Å². The highest BCUT2D eigenvalue weighted by Gasteiger charge is 2.12. The third kappa shape index (κ3) is 5.59. The van der Waals surface area contributed by atoms with Crippen molar-refractivity contribution in [2.45, 2.75) is 8.68 Å². The second-order valence-corrected chi connectivity index (χ2v) is 13.0. The van der Waals surface area contributed by atoms with Crippen molar-refractivity contribution in [3.05, 3.63) is 108 Å². The molecule has 4 nitrogen and oxygen atoms in total. The maximum absolute atomic E-state index is 12.7. The van der Waals surface area contributed by atoms with Gasteiger partial charge in [-0.1, -0.05) is 96.3 Å². The Balaban J connectivity index is 1.05. The predicted molar refractivity (Wildman–Crippen MR) is 161 cm³/mol. The van der Waals surface area contributed by atoms with Crippen molar-refractivity contribution in [3.8, 4) is 11.1 Å². The first kappa shape index (κ1) is 25.0. The lowest BCUT2D eigenvalue weighted by Crippen LogP contribution is -2.02. The van der Waals surface area contributed by atoms with Crippen molar-refractivity contribution < 1.29 is 9.59 Å². The Morgan fingerprint density at radius 1 is 0.553 bits per heavy atom. The normalized spacial score (nSPS) is 11.3. The van der Waals surface area contributed by atoms with Crippen LogP contribution >= 0.6 is 46.2 Å². The molecule has 0 aliphatic rings. The Bertz CT molecular complexity index is 1560. The zero-order valence-electron chi connectivity index (χ0n) is 20.0. The standard InChI is InChI=1S/C30H20N2O2S4/c33-25(17-35-29-31-23-5-1-3-7-27(23)37-29)21-13-9-19(10-14-21)20-11-15-22(16-12-20)26(34)18-36-30-32-24-6-2-4-8-28(24)38-30/h1-16H,17-18H2. The van der Waals surface area contributed by atoms with Crippen LogP contribution in [0.3, 0.4) is 0 Å². The van der Waals surface area contributed by atoms with Gasteiger partial charge in [-0.2, -0.15) is 0 Å². The summed E-state index contributed by atoms with van der Waals surface area (Å²) in [5.74, 6) is 0.857. The van der Waals surface area contributed by atoms with E-state index >= 15 is 0 Å². The van der Waals surface area contributed by atoms with Gasteiger partial charge in [0.15, 0.2) is 20.2 Å². The van der Waals surface area contributed by atoms with E-state index in [1.165, 1.54) is 23.5 Å². The summed E-state index contributed by atoms with van der Waals surface area (Å²) in [5.41, 5.74) is 5.31. The molecule has 8 heteroatoms. The van der Waals surface area contributed by atoms with Gasteiger partial charge in [-0.25, -0.2) is 9.97 Å². The summed E-state index contributed by atoms with van der Waals surface area (Å²) in [7, 11) is 0. The van der Waals surface area contributed by atoms with Crippen LogP contribution in [0.15, 0.2) is 106 Å². The number of ketones is 2. The van der Waals surface area contributed by atoms with Gasteiger partial charge in [0.05, 0.1) is 31.9 Å². The van der Waals surface area contributed by atoms with Crippen LogP contribution in [0.4, 0.5) is 0 Å². The van der Waals surface area contributed by atoms with Crippen LogP contribution in [0.2, 0.25) is 0 Å². The molecule has 0 saturated carbocycles. The molecule has 38 heavy (non-hydrogen) atoms. The quantitative estimate of drug-likeness (QED) is 0.129. The van der Waals surface area contributed by atoms with Gasteiger partial charge in [-0.3, -0.25) is 9.59 Å². The summed E-state index contributed by atoms with van der Waals surface area (Å²) in [6, 6.07) is 31.3. The molecule has 0 aliphatic heterocycles. The van der Waals surface area contributed by atoms with E-state index in [0.717, 1.165) is 40.2 Å². The molecule has 2 heterocycles. The molecular formula is C30H20N2O2S4. The first-order valence-electron chi connectivity index (χ1n) is 11.9. The summed E-state index contributed by atoms with van der Waals surface area (Å²) in [5, 5.41) is 0. The lowest BCUT2D eigenvalue weighted by molar-refractivity contribution is 0.101. The van der Waals surface area contributed by atoms with E-state index in [1.807, 2.05) is 97.1 Å². The van der Waals surface area contributed by atoms with E-state index in [1.54, 1.807) is 22.7 Å². The van der Waals surface area contributed by atoms with E-state index in [-0.39, 0.29) is 11.6 Å². The average Bonchev–Trinajstić information content (AvgIpc) is 3.58. The van der Waals surface area contributed by atoms with Crippen LogP contribution in [0.1, 0.15) is 20.7 Å². The molecule has 0 atom stereocenters. The Hall–Kier alpha value is -3.30. The molecule has 0 spiro atoms. The summed E-state index contributed by atoms with van der Waals surface area (Å²) in [6.45, 7) is 0. The van der Waals surface area contributed by atoms with Crippen molar-refractivity contribution in [1.29, 1.82) is 0 Å². The first-order valence-corrected chi connectivity index (χ1v) is 15.5. The first-order chi connectivity index (χ1) is 18.6. The van der Waals surface area contributed by atoms with Gasteiger partial charge < -0.3 is 0 Å². The third-order valence-electron chi connectivity index (χ3n) is 5.95. The second-order valence-electron chi connectivity index (χ2n) is 8.47. The van der Waals surface area contributed by atoms with Crippen LogP contribution in [-0.4, -0.2) is 33.0 Å². The Kier molecular flexibility index (Phi) is 7.38. The molecule has 2 aromatic heterocycles. The molecule has 0 unspecified atom stereocenters. The number of thioether (sulfide) groups is 2. The smallest absolute Gasteiger partial charge is 0.173 e. The molecule has 0 fully saturated rings. The number of hydrogen-bond acceptors (Lipinski definition) is 8. The minimum atomic E-state index is 0.0763. The highest BCUT2D eigenvalue weighted by Crippen LogP contribution is 2.31. The van der Waals surface area contributed by atoms with Gasteiger partial charge >= 0.3 is 0 Å². The monoisotopic (exact) mass is 568 g/mol. The highest BCUT2D eigenvalue weighted by atomic mass is 32.2. The topological polar surface area (TPSA) is 59.9 Å². The van der Waals surface area contributed by atoms with Crippen molar-refractivity contribution in [2.75, 3.05) is 11.5 Å². The number of Topliss-reactive ketones (excluding diaryl/α,β-unsaturated/α-hetero) is 2. The van der Waals surface area contributed by atoms with E-state index in [9.17, 15) is 9.59 Å². The zero-order valence-corrected chi connectivity index (χ0v) is 23.3. The molecule has 186 valence electrons. The SMILES string of the molecule is O=C(CSc1nc2ccccc2s1)c1ccc(-c2ccc(C(=O)CSc3nc4ccccc4s3)cc2)cc1. The average molecular weight is 569 g/mol. The summed E-state index contributed by atoms with van der Waals surface area (Å²) in [4.78, 5) is 34.6. The van der Waals surface area contributed by atoms with Crippen molar-refractivity contribution in [3.63, 3.8) is 0 Å². The molecule has 4 aromatic carbocycles. The highest BCUT2D eigenvalue weighted by molar-refractivity contribution is 8.02. The van der Waals surface area contributed by atoms with Crippen molar-refractivity contribution >= 4 is 78.2 Å². The molecule has 0 N–H and O–H groups in total. The third-order valence-corrected chi connectivity index (χ3v) is 10.3. The van der Waals surface area contributed by atoms with Crippen molar-refractivity contribution in [2.24, 2.45) is 0 Å². The van der Waals surface area contributed by atoms with Gasteiger partial charge in [-0.05, 0) is 35.4 Å². The molecule has 0 aliphatic carbocycles. The molecular weight excluding hydrogens is 549 g/mol. The molecule has 6 aromatic rings. The Labute approximate surface area is 236 Å². The van der Waals surface area contributed by atoms with Gasteiger partial charge in [0.2, 0.25) is 0 Å². The lowest BCUT2D eigenvalue weighted by atomic mass is 10.0. The number of rotatable bonds is 9. The number of para-hydroxylation sites is 2. The Morgan fingerprint density at radius 2 is 0.947 bits per heavy atom. The van der Waals surface area contributed by atoms with E-state index in [0.29, 0.717) is 22.6 Å². The minimum Gasteiger partial charge on any atom is -0.293 e. The number of aromatic nitrogens is 2. The fourth-order valence-corrected chi connectivity index (χ4v) is 7.87. The number of fused-ring (bicyclic) bond motifs is 2. The van der Waals surface area contributed by atoms with E-state index in [2.05, 4.69) is 9.97 Å². The molecule has 6 rings (SSSR count). The fraction of sp³-hybridized carbons (Fsp3) is 0.0667. The number of carbonyl (C=O) groups is 2. The predicted octanol–water partition coefficient (Wildman–Crippen LogP) is 8.52. The van der Waals surface area contributed by atoms with Gasteiger partial charge in [0.1, 0.15) is 0 Å². The van der Waals surface area contributed by atoms with Gasteiger partial charge in [0, 0.05) is 11.1 Å². The number of benzene rings is 4. The fourth-order valence-electron chi connectivity index (χ4n) is 3.94. The van der Waals surface area contributed by atoms with Gasteiger partial charge in [0.25, 0.3) is 0 Å². The van der Waals surface area contributed by atoms with Gasteiger partial charge in [-0.15, -0.1) is 22.7 Å². The summed E-state index contributed by atoms with van der Waals surface area (Å²) in [6.07, 6.45) is 0. The maximum Gasteiger partial charge on any atom is 0.173 e.